The molecule has 2 saturated heterocycles. The van der Waals surface area contributed by atoms with Crippen molar-refractivity contribution in [3.63, 3.8) is 0 Å². The van der Waals surface area contributed by atoms with Crippen LogP contribution in [0, 0.1) is 0 Å². The number of amides is 1. The minimum Gasteiger partial charge on any atom is -0.339 e. The van der Waals surface area contributed by atoms with E-state index in [1.165, 1.54) is 0 Å². The number of likely N-dealkylation sites (tertiary alicyclic amines) is 1. The van der Waals surface area contributed by atoms with Crippen LogP contribution in [0.25, 0.3) is 0 Å². The van der Waals surface area contributed by atoms with E-state index in [1.54, 1.807) is 0 Å². The third-order valence-electron chi connectivity index (χ3n) is 3.32. The van der Waals surface area contributed by atoms with E-state index in [0.29, 0.717) is 11.9 Å². The Balaban J connectivity index is 2.14. The molecule has 3 heteroatoms. The predicted octanol–water partition coefficient (Wildman–Crippen LogP) is 0.749. The summed E-state index contributed by atoms with van der Waals surface area (Å²) in [6.45, 7) is 6.12. The summed E-state index contributed by atoms with van der Waals surface area (Å²) in [6, 6.07) is 0.356. The molecule has 2 heterocycles. The smallest absolute Gasteiger partial charge is 0.243 e. The summed E-state index contributed by atoms with van der Waals surface area (Å²) in [5.74, 6) is 0.333. The van der Waals surface area contributed by atoms with Crippen LogP contribution >= 0.6 is 0 Å². The van der Waals surface area contributed by atoms with Crippen molar-refractivity contribution in [3.05, 3.63) is 0 Å². The maximum atomic E-state index is 12.0. The minimum atomic E-state index is -0.162. The van der Waals surface area contributed by atoms with Gasteiger partial charge in [0.05, 0.1) is 5.54 Å². The number of rotatable bonds is 1. The van der Waals surface area contributed by atoms with E-state index >= 15 is 0 Å². The highest BCUT2D eigenvalue weighted by atomic mass is 16.2. The van der Waals surface area contributed by atoms with Gasteiger partial charge in [-0.2, -0.15) is 0 Å². The molecule has 0 aromatic heterocycles. The summed E-state index contributed by atoms with van der Waals surface area (Å²) in [7, 11) is 0. The quantitative estimate of drug-likeness (QED) is 0.649. The van der Waals surface area contributed by atoms with Crippen molar-refractivity contribution in [3.8, 4) is 0 Å². The first kappa shape index (κ1) is 9.00. The highest BCUT2D eigenvalue weighted by molar-refractivity contribution is 5.89. The van der Waals surface area contributed by atoms with Crippen molar-refractivity contribution >= 4 is 5.91 Å². The van der Waals surface area contributed by atoms with Crippen LogP contribution in [0.1, 0.15) is 33.1 Å². The van der Waals surface area contributed by atoms with Crippen molar-refractivity contribution < 1.29 is 4.79 Å². The molecule has 1 spiro atoms. The zero-order valence-corrected chi connectivity index (χ0v) is 8.47. The Labute approximate surface area is 79.5 Å². The van der Waals surface area contributed by atoms with Gasteiger partial charge in [0.25, 0.3) is 0 Å². The molecule has 1 atom stereocenters. The molecule has 3 nitrogen and oxygen atoms in total. The molecule has 1 unspecified atom stereocenters. The van der Waals surface area contributed by atoms with Crippen molar-refractivity contribution in [1.29, 1.82) is 0 Å². The number of carbonyl (C=O) groups is 1. The monoisotopic (exact) mass is 182 g/mol. The van der Waals surface area contributed by atoms with Gasteiger partial charge in [-0.05, 0) is 39.7 Å². The number of nitrogens with one attached hydrogen (secondary N) is 1. The molecule has 2 aliphatic rings. The Morgan fingerprint density at radius 3 is 2.69 bits per heavy atom. The number of carbonyl (C=O) groups excluding carboxylic acids is 1. The second-order valence-corrected chi connectivity index (χ2v) is 4.45. The highest BCUT2D eigenvalue weighted by Gasteiger charge is 2.48. The highest BCUT2D eigenvalue weighted by Crippen LogP contribution is 2.32. The van der Waals surface area contributed by atoms with Crippen LogP contribution in [-0.4, -0.2) is 35.5 Å². The zero-order valence-electron chi connectivity index (χ0n) is 8.47. The van der Waals surface area contributed by atoms with Crippen LogP contribution in [0.15, 0.2) is 0 Å². The van der Waals surface area contributed by atoms with E-state index in [2.05, 4.69) is 19.2 Å². The minimum absolute atomic E-state index is 0.162. The van der Waals surface area contributed by atoms with Gasteiger partial charge in [0.15, 0.2) is 0 Å². The van der Waals surface area contributed by atoms with E-state index in [-0.39, 0.29) is 5.54 Å². The van der Waals surface area contributed by atoms with E-state index in [0.717, 1.165) is 32.4 Å². The Morgan fingerprint density at radius 2 is 2.23 bits per heavy atom. The summed E-state index contributed by atoms with van der Waals surface area (Å²) in [4.78, 5) is 14.0. The number of hydrogen-bond donors (Lipinski definition) is 1. The van der Waals surface area contributed by atoms with Gasteiger partial charge in [0.2, 0.25) is 5.91 Å². The molecule has 0 saturated carbocycles. The topological polar surface area (TPSA) is 32.3 Å². The average molecular weight is 182 g/mol. The normalized spacial score (nSPS) is 34.1. The van der Waals surface area contributed by atoms with Crippen molar-refractivity contribution in [1.82, 2.24) is 10.2 Å². The third-order valence-corrected chi connectivity index (χ3v) is 3.32. The molecule has 0 aliphatic carbocycles. The molecule has 1 amide bonds. The van der Waals surface area contributed by atoms with Gasteiger partial charge in [-0.3, -0.25) is 4.79 Å². The molecule has 13 heavy (non-hydrogen) atoms. The largest absolute Gasteiger partial charge is 0.339 e. The summed E-state index contributed by atoms with van der Waals surface area (Å²) in [5, 5.41) is 3.38. The second-order valence-electron chi connectivity index (χ2n) is 4.45. The molecule has 2 aliphatic heterocycles. The molecule has 2 rings (SSSR count). The van der Waals surface area contributed by atoms with E-state index in [4.69, 9.17) is 0 Å². The predicted molar refractivity (Wildman–Crippen MR) is 51.4 cm³/mol. The van der Waals surface area contributed by atoms with Crippen LogP contribution in [-0.2, 0) is 4.79 Å². The van der Waals surface area contributed by atoms with Gasteiger partial charge >= 0.3 is 0 Å². The molecule has 1 N–H and O–H groups in total. The molecule has 0 aromatic rings. The van der Waals surface area contributed by atoms with E-state index in [9.17, 15) is 4.79 Å². The number of hydrogen-bond acceptors (Lipinski definition) is 2. The lowest BCUT2D eigenvalue weighted by Crippen LogP contribution is -2.48. The van der Waals surface area contributed by atoms with Gasteiger partial charge in [-0.15, -0.1) is 0 Å². The Bertz CT molecular complexity index is 219. The summed E-state index contributed by atoms with van der Waals surface area (Å²) in [5.41, 5.74) is -0.162. The fraction of sp³-hybridized carbons (Fsp3) is 0.900. The van der Waals surface area contributed by atoms with Gasteiger partial charge in [-0.25, -0.2) is 0 Å². The molecule has 0 radical (unpaired) electrons. The van der Waals surface area contributed by atoms with Gasteiger partial charge < -0.3 is 10.2 Å². The standard InChI is InChI=1S/C10H18N2O/c1-8(2)12-7-5-10(9(12)13)4-3-6-11-10/h8,11H,3-7H2,1-2H3. The van der Waals surface area contributed by atoms with Crippen molar-refractivity contribution in [2.24, 2.45) is 0 Å². The van der Waals surface area contributed by atoms with Crippen LogP contribution in [0.3, 0.4) is 0 Å². The Kier molecular flexibility index (Phi) is 2.06. The lowest BCUT2D eigenvalue weighted by Gasteiger charge is -2.25. The maximum absolute atomic E-state index is 12.0. The van der Waals surface area contributed by atoms with Crippen molar-refractivity contribution in [2.45, 2.75) is 44.7 Å². The molecule has 0 aromatic carbocycles. The van der Waals surface area contributed by atoms with Gasteiger partial charge in [0, 0.05) is 12.6 Å². The fourth-order valence-corrected chi connectivity index (χ4v) is 2.49. The summed E-state index contributed by atoms with van der Waals surface area (Å²) >= 11 is 0. The first-order chi connectivity index (χ1) is 6.16. The van der Waals surface area contributed by atoms with Crippen LogP contribution in [0.2, 0.25) is 0 Å². The second kappa shape index (κ2) is 2.98. The van der Waals surface area contributed by atoms with E-state index < -0.39 is 0 Å². The van der Waals surface area contributed by atoms with E-state index in [1.807, 2.05) is 4.90 Å². The Hall–Kier alpha value is -0.570. The zero-order chi connectivity index (χ0) is 9.47. The Morgan fingerprint density at radius 1 is 1.46 bits per heavy atom. The molecule has 2 fully saturated rings. The SMILES string of the molecule is CC(C)N1CCC2(CCCN2)C1=O. The average Bonchev–Trinajstić information content (AvgIpc) is 2.64. The third kappa shape index (κ3) is 1.26. The van der Waals surface area contributed by atoms with Crippen LogP contribution in [0.4, 0.5) is 0 Å². The fourth-order valence-electron chi connectivity index (χ4n) is 2.49. The molecular formula is C10H18N2O. The molecule has 0 bridgehead atoms. The maximum Gasteiger partial charge on any atom is 0.243 e. The van der Waals surface area contributed by atoms with Crippen molar-refractivity contribution in [2.75, 3.05) is 13.1 Å². The summed E-state index contributed by atoms with van der Waals surface area (Å²) in [6.07, 6.45) is 3.19. The van der Waals surface area contributed by atoms with Gasteiger partial charge in [0.1, 0.15) is 0 Å². The summed E-state index contributed by atoms with van der Waals surface area (Å²) < 4.78 is 0. The number of nitrogens with zero attached hydrogens (tertiary/aromatic N) is 1. The first-order valence-corrected chi connectivity index (χ1v) is 5.22. The van der Waals surface area contributed by atoms with Crippen LogP contribution in [0.5, 0.6) is 0 Å². The lowest BCUT2D eigenvalue weighted by atomic mass is 9.96. The first-order valence-electron chi connectivity index (χ1n) is 5.22. The molecular weight excluding hydrogens is 164 g/mol. The lowest BCUT2D eigenvalue weighted by molar-refractivity contribution is -0.134. The van der Waals surface area contributed by atoms with Crippen LogP contribution < -0.4 is 5.32 Å². The molecule has 74 valence electrons. The van der Waals surface area contributed by atoms with Gasteiger partial charge in [-0.1, -0.05) is 0 Å².